The second kappa shape index (κ2) is 6.75. The number of rotatable bonds is 7. The Kier molecular flexibility index (Phi) is 5.62. The zero-order chi connectivity index (χ0) is 12.0. The van der Waals surface area contributed by atoms with Crippen molar-refractivity contribution in [3.63, 3.8) is 0 Å². The summed E-state index contributed by atoms with van der Waals surface area (Å²) in [5, 5.41) is 17.3. The number of thioether (sulfide) groups is 1. The molecular weight excluding hydrogens is 230 g/mol. The maximum absolute atomic E-state index is 11.7. The summed E-state index contributed by atoms with van der Waals surface area (Å²) in [6.45, 7) is 0.322. The van der Waals surface area contributed by atoms with E-state index in [1.54, 1.807) is 4.90 Å². The summed E-state index contributed by atoms with van der Waals surface area (Å²) in [5.74, 6) is -0.841. The highest BCUT2D eigenvalue weighted by Gasteiger charge is 2.27. The van der Waals surface area contributed by atoms with Gasteiger partial charge >= 0.3 is 5.97 Å². The predicted octanol–water partition coefficient (Wildman–Crippen LogP) is 0.178. The predicted molar refractivity (Wildman–Crippen MR) is 61.4 cm³/mol. The van der Waals surface area contributed by atoms with E-state index in [9.17, 15) is 9.59 Å². The molecule has 0 radical (unpaired) electrons. The normalized spacial score (nSPS) is 15.6. The van der Waals surface area contributed by atoms with Crippen LogP contribution in [0.2, 0.25) is 0 Å². The van der Waals surface area contributed by atoms with Crippen LogP contribution in [0.5, 0.6) is 0 Å². The number of aliphatic hydroxyl groups excluding tert-OH is 1. The fraction of sp³-hybridized carbons (Fsp3) is 0.800. The molecule has 0 aromatic heterocycles. The number of aliphatic carboxylic acids is 1. The van der Waals surface area contributed by atoms with Crippen LogP contribution in [-0.2, 0) is 9.59 Å². The number of hydrogen-bond acceptors (Lipinski definition) is 4. The number of carboxylic acid groups (broad SMARTS) is 1. The van der Waals surface area contributed by atoms with Crippen molar-refractivity contribution in [3.05, 3.63) is 0 Å². The lowest BCUT2D eigenvalue weighted by Crippen LogP contribution is -2.46. The minimum Gasteiger partial charge on any atom is -0.481 e. The first-order valence-electron chi connectivity index (χ1n) is 5.35. The number of carbonyl (C=O) groups is 2. The maximum atomic E-state index is 11.7. The Hall–Kier alpha value is -0.750. The molecule has 1 rings (SSSR count). The highest BCUT2D eigenvalue weighted by atomic mass is 32.2. The molecule has 1 fully saturated rings. The van der Waals surface area contributed by atoms with Crippen LogP contribution >= 0.6 is 11.8 Å². The number of amides is 1. The van der Waals surface area contributed by atoms with E-state index in [1.165, 1.54) is 0 Å². The topological polar surface area (TPSA) is 77.8 Å². The maximum Gasteiger partial charge on any atom is 0.313 e. The van der Waals surface area contributed by atoms with Crippen LogP contribution in [0.4, 0.5) is 0 Å². The van der Waals surface area contributed by atoms with Crippen LogP contribution in [0.1, 0.15) is 19.3 Å². The Balaban J connectivity index is 2.31. The third kappa shape index (κ3) is 4.02. The molecule has 0 unspecified atom stereocenters. The lowest BCUT2D eigenvalue weighted by atomic mass is 9.91. The standard InChI is InChI=1S/C10H17NO4S/c12-5-4-11(8-2-1-3-8)9(13)6-16-7-10(14)15/h8,12H,1-7H2,(H,14,15). The second-order valence-corrected chi connectivity index (χ2v) is 4.77. The molecule has 1 aliphatic rings. The molecule has 0 aliphatic heterocycles. The quantitative estimate of drug-likeness (QED) is 0.671. The Morgan fingerprint density at radius 1 is 1.31 bits per heavy atom. The molecule has 16 heavy (non-hydrogen) atoms. The van der Waals surface area contributed by atoms with Gasteiger partial charge in [-0.2, -0.15) is 0 Å². The summed E-state index contributed by atoms with van der Waals surface area (Å²) in [6, 6.07) is 0.255. The third-order valence-corrected chi connectivity index (χ3v) is 3.53. The Bertz CT molecular complexity index is 255. The molecule has 92 valence electrons. The molecular formula is C10H17NO4S. The fourth-order valence-electron chi connectivity index (χ4n) is 1.63. The Morgan fingerprint density at radius 2 is 2.00 bits per heavy atom. The van der Waals surface area contributed by atoms with Gasteiger partial charge in [0.15, 0.2) is 0 Å². The largest absolute Gasteiger partial charge is 0.481 e. The van der Waals surface area contributed by atoms with Crippen molar-refractivity contribution in [2.45, 2.75) is 25.3 Å². The Morgan fingerprint density at radius 3 is 2.44 bits per heavy atom. The summed E-state index contributed by atoms with van der Waals surface area (Å²) in [4.78, 5) is 23.7. The molecule has 1 saturated carbocycles. The van der Waals surface area contributed by atoms with Gasteiger partial charge in [-0.3, -0.25) is 9.59 Å². The molecule has 0 saturated heterocycles. The number of aliphatic hydroxyl groups is 1. The molecule has 0 bridgehead atoms. The van der Waals surface area contributed by atoms with E-state index in [0.717, 1.165) is 31.0 Å². The molecule has 0 heterocycles. The summed E-state index contributed by atoms with van der Waals surface area (Å²) >= 11 is 1.10. The Labute approximate surface area is 98.8 Å². The number of carbonyl (C=O) groups excluding carboxylic acids is 1. The monoisotopic (exact) mass is 247 g/mol. The second-order valence-electron chi connectivity index (χ2n) is 3.78. The van der Waals surface area contributed by atoms with Crippen LogP contribution in [0.15, 0.2) is 0 Å². The average Bonchev–Trinajstić information content (AvgIpc) is 2.13. The lowest BCUT2D eigenvalue weighted by molar-refractivity contribution is -0.134. The van der Waals surface area contributed by atoms with Crippen molar-refractivity contribution in [2.75, 3.05) is 24.7 Å². The van der Waals surface area contributed by atoms with Gasteiger partial charge in [0.2, 0.25) is 5.91 Å². The number of nitrogens with zero attached hydrogens (tertiary/aromatic N) is 1. The first-order valence-corrected chi connectivity index (χ1v) is 6.50. The summed E-state index contributed by atoms with van der Waals surface area (Å²) in [6.07, 6.45) is 3.12. The van der Waals surface area contributed by atoms with E-state index in [-0.39, 0.29) is 30.1 Å². The first kappa shape index (κ1) is 13.3. The van der Waals surface area contributed by atoms with Crippen LogP contribution in [0.25, 0.3) is 0 Å². The van der Waals surface area contributed by atoms with Gasteiger partial charge in [-0.15, -0.1) is 11.8 Å². The average molecular weight is 247 g/mol. The van der Waals surface area contributed by atoms with Gasteiger partial charge in [-0.05, 0) is 19.3 Å². The van der Waals surface area contributed by atoms with E-state index in [2.05, 4.69) is 0 Å². The van der Waals surface area contributed by atoms with Gasteiger partial charge in [0.05, 0.1) is 18.1 Å². The van der Waals surface area contributed by atoms with E-state index in [1.807, 2.05) is 0 Å². The fourth-order valence-corrected chi connectivity index (χ4v) is 2.24. The minimum atomic E-state index is -0.907. The number of hydrogen-bond donors (Lipinski definition) is 2. The van der Waals surface area contributed by atoms with E-state index in [4.69, 9.17) is 10.2 Å². The van der Waals surface area contributed by atoms with Gasteiger partial charge < -0.3 is 15.1 Å². The first-order chi connectivity index (χ1) is 7.65. The summed E-state index contributed by atoms with van der Waals surface area (Å²) in [7, 11) is 0. The van der Waals surface area contributed by atoms with Crippen molar-refractivity contribution in [3.8, 4) is 0 Å². The molecule has 0 spiro atoms. The van der Waals surface area contributed by atoms with Crippen molar-refractivity contribution < 1.29 is 19.8 Å². The van der Waals surface area contributed by atoms with Crippen LogP contribution in [0.3, 0.4) is 0 Å². The van der Waals surface area contributed by atoms with E-state index < -0.39 is 5.97 Å². The van der Waals surface area contributed by atoms with Gasteiger partial charge in [0.25, 0.3) is 0 Å². The lowest BCUT2D eigenvalue weighted by Gasteiger charge is -2.37. The molecule has 2 N–H and O–H groups in total. The van der Waals surface area contributed by atoms with Crippen molar-refractivity contribution >= 4 is 23.6 Å². The highest BCUT2D eigenvalue weighted by Crippen LogP contribution is 2.25. The molecule has 0 aromatic rings. The van der Waals surface area contributed by atoms with Crippen LogP contribution in [-0.4, -0.2) is 57.7 Å². The molecule has 1 amide bonds. The van der Waals surface area contributed by atoms with Gasteiger partial charge in [-0.25, -0.2) is 0 Å². The minimum absolute atomic E-state index is 0.0359. The summed E-state index contributed by atoms with van der Waals surface area (Å²) in [5.41, 5.74) is 0. The molecule has 1 aliphatic carbocycles. The third-order valence-electron chi connectivity index (χ3n) is 2.63. The van der Waals surface area contributed by atoms with Crippen molar-refractivity contribution in [1.29, 1.82) is 0 Å². The van der Waals surface area contributed by atoms with Gasteiger partial charge in [0, 0.05) is 12.6 Å². The van der Waals surface area contributed by atoms with E-state index >= 15 is 0 Å². The summed E-state index contributed by atoms with van der Waals surface area (Å²) < 4.78 is 0. The zero-order valence-corrected chi connectivity index (χ0v) is 9.91. The van der Waals surface area contributed by atoms with Gasteiger partial charge in [-0.1, -0.05) is 0 Å². The highest BCUT2D eigenvalue weighted by molar-refractivity contribution is 8.00. The molecule has 0 aromatic carbocycles. The van der Waals surface area contributed by atoms with Crippen molar-refractivity contribution in [1.82, 2.24) is 4.90 Å². The molecule has 5 nitrogen and oxygen atoms in total. The van der Waals surface area contributed by atoms with Gasteiger partial charge in [0.1, 0.15) is 0 Å². The smallest absolute Gasteiger partial charge is 0.313 e. The molecule has 6 heteroatoms. The van der Waals surface area contributed by atoms with E-state index in [0.29, 0.717) is 6.54 Å². The number of carboxylic acids is 1. The van der Waals surface area contributed by atoms with Crippen LogP contribution in [0, 0.1) is 0 Å². The zero-order valence-electron chi connectivity index (χ0n) is 9.09. The van der Waals surface area contributed by atoms with Crippen molar-refractivity contribution in [2.24, 2.45) is 0 Å². The SMILES string of the molecule is O=C(O)CSCC(=O)N(CCO)C1CCC1. The molecule has 0 atom stereocenters. The van der Waals surface area contributed by atoms with Crippen LogP contribution < -0.4 is 0 Å².